The van der Waals surface area contributed by atoms with Crippen LogP contribution in [0.4, 0.5) is 11.5 Å². The van der Waals surface area contributed by atoms with Crippen LogP contribution >= 0.6 is 0 Å². The summed E-state index contributed by atoms with van der Waals surface area (Å²) < 4.78 is 6.71. The smallest absolute Gasteiger partial charge is 0.257 e. The topological polar surface area (TPSA) is 168 Å². The summed E-state index contributed by atoms with van der Waals surface area (Å²) in [6.07, 6.45) is 2.34. The van der Waals surface area contributed by atoms with Crippen LogP contribution < -0.4 is 17.2 Å². The van der Waals surface area contributed by atoms with Gasteiger partial charge in [-0.1, -0.05) is 30.3 Å². The Kier molecular flexibility index (Phi) is 5.11. The van der Waals surface area contributed by atoms with Crippen LogP contribution in [-0.2, 0) is 0 Å². The van der Waals surface area contributed by atoms with E-state index in [-0.39, 0.29) is 23.5 Å². The Hall–Kier alpha value is -4.77. The summed E-state index contributed by atoms with van der Waals surface area (Å²) in [6.45, 7) is 1.05. The molecule has 180 valence electrons. The third-order valence-corrected chi connectivity index (χ3v) is 6.35. The summed E-state index contributed by atoms with van der Waals surface area (Å²) >= 11 is 0. The molecule has 0 bridgehead atoms. The van der Waals surface area contributed by atoms with Gasteiger partial charge in [0.1, 0.15) is 5.52 Å². The summed E-state index contributed by atoms with van der Waals surface area (Å²) in [7, 11) is 0. The number of benzene rings is 2. The van der Waals surface area contributed by atoms with Crippen LogP contribution in [0, 0.1) is 0 Å². The molecule has 5 aromatic rings. The van der Waals surface area contributed by atoms with E-state index in [1.807, 2.05) is 47.0 Å². The predicted octanol–water partition coefficient (Wildman–Crippen LogP) is 2.48. The Morgan fingerprint density at radius 1 is 1.00 bits per heavy atom. The molecule has 1 saturated heterocycles. The number of pyridine rings is 1. The first kappa shape index (κ1) is 21.7. The summed E-state index contributed by atoms with van der Waals surface area (Å²) in [6, 6.07) is 16.8. The van der Waals surface area contributed by atoms with Gasteiger partial charge in [0.05, 0.1) is 16.8 Å². The Morgan fingerprint density at radius 3 is 2.44 bits per heavy atom. The fourth-order valence-corrected chi connectivity index (χ4v) is 4.58. The molecule has 0 saturated carbocycles. The number of carbonyl (C=O) groups excluding carboxylic acids is 1. The number of amides is 1. The van der Waals surface area contributed by atoms with E-state index in [0.29, 0.717) is 52.6 Å². The predicted molar refractivity (Wildman–Crippen MR) is 135 cm³/mol. The molecule has 36 heavy (non-hydrogen) atoms. The van der Waals surface area contributed by atoms with E-state index in [1.165, 1.54) is 0 Å². The van der Waals surface area contributed by atoms with Crippen molar-refractivity contribution in [3.8, 4) is 28.5 Å². The number of imidazole rings is 1. The van der Waals surface area contributed by atoms with E-state index < -0.39 is 0 Å². The molecule has 6 N–H and O–H groups in total. The van der Waals surface area contributed by atoms with Crippen molar-refractivity contribution in [3.05, 3.63) is 66.4 Å². The number of fused-ring (bicyclic) bond motifs is 1. The lowest BCUT2D eigenvalue weighted by atomic mass is 10.1. The highest BCUT2D eigenvalue weighted by Gasteiger charge is 2.31. The van der Waals surface area contributed by atoms with Gasteiger partial charge in [-0.15, -0.1) is 0 Å². The highest BCUT2D eigenvalue weighted by Crippen LogP contribution is 2.36. The zero-order valence-corrected chi connectivity index (χ0v) is 19.2. The third kappa shape index (κ3) is 3.53. The Balaban J connectivity index is 1.70. The molecule has 11 nitrogen and oxygen atoms in total. The summed E-state index contributed by atoms with van der Waals surface area (Å²) in [4.78, 5) is 25.1. The van der Waals surface area contributed by atoms with Crippen LogP contribution in [0.3, 0.4) is 0 Å². The third-order valence-electron chi connectivity index (χ3n) is 6.35. The van der Waals surface area contributed by atoms with E-state index in [4.69, 9.17) is 26.8 Å². The van der Waals surface area contributed by atoms with Gasteiger partial charge in [-0.05, 0) is 41.0 Å². The van der Waals surface area contributed by atoms with Crippen molar-refractivity contribution in [2.24, 2.45) is 5.73 Å². The van der Waals surface area contributed by atoms with Crippen molar-refractivity contribution < 1.29 is 9.42 Å². The molecule has 2 aromatic carbocycles. The Morgan fingerprint density at radius 2 is 1.78 bits per heavy atom. The van der Waals surface area contributed by atoms with Gasteiger partial charge in [0.2, 0.25) is 0 Å². The number of nitrogens with two attached hydrogens (primary N) is 3. The minimum Gasteiger partial charge on any atom is -0.399 e. The van der Waals surface area contributed by atoms with E-state index in [9.17, 15) is 4.79 Å². The van der Waals surface area contributed by atoms with Crippen LogP contribution in [0.25, 0.3) is 39.5 Å². The monoisotopic (exact) mass is 481 g/mol. The second kappa shape index (κ2) is 8.47. The number of hydrogen-bond acceptors (Lipinski definition) is 9. The van der Waals surface area contributed by atoms with Gasteiger partial charge in [-0.2, -0.15) is 0 Å². The van der Waals surface area contributed by atoms with Gasteiger partial charge in [0, 0.05) is 42.3 Å². The van der Waals surface area contributed by atoms with Gasteiger partial charge >= 0.3 is 0 Å². The normalized spacial score (nSPS) is 15.6. The maximum absolute atomic E-state index is 13.8. The standard InChI is InChI=1S/C25H23N9O2/c26-15-6-8-17(9-7-15)34-22-18(25(35)33-11-10-16(27)13-33)12-29-19(14-4-2-1-3-5-14)20(22)30-24(34)21-23(28)32-36-31-21/h1-9,12,16H,10-11,13,26-27H2,(H2,28,32). The number of rotatable bonds is 4. The van der Waals surface area contributed by atoms with Crippen LogP contribution in [0.2, 0.25) is 0 Å². The number of aromatic nitrogens is 5. The van der Waals surface area contributed by atoms with E-state index >= 15 is 0 Å². The van der Waals surface area contributed by atoms with Crippen molar-refractivity contribution in [2.45, 2.75) is 12.5 Å². The molecule has 6 rings (SSSR count). The van der Waals surface area contributed by atoms with Crippen LogP contribution in [0.5, 0.6) is 0 Å². The Bertz CT molecular complexity index is 1570. The molecule has 1 aliphatic heterocycles. The van der Waals surface area contributed by atoms with Crippen molar-refractivity contribution in [2.75, 3.05) is 24.6 Å². The first-order chi connectivity index (χ1) is 17.5. The lowest BCUT2D eigenvalue weighted by molar-refractivity contribution is 0.0792. The maximum Gasteiger partial charge on any atom is 0.257 e. The second-order valence-corrected chi connectivity index (χ2v) is 8.74. The van der Waals surface area contributed by atoms with Crippen LogP contribution in [-0.4, -0.2) is 54.8 Å². The number of carbonyl (C=O) groups is 1. The van der Waals surface area contributed by atoms with Crippen molar-refractivity contribution >= 4 is 28.4 Å². The molecule has 1 aliphatic rings. The minimum absolute atomic E-state index is 0.0560. The molecule has 1 unspecified atom stereocenters. The quantitative estimate of drug-likeness (QED) is 0.326. The average molecular weight is 482 g/mol. The maximum atomic E-state index is 13.8. The molecule has 0 aliphatic carbocycles. The number of anilines is 2. The fraction of sp³-hybridized carbons (Fsp3) is 0.160. The van der Waals surface area contributed by atoms with Gasteiger partial charge in [-0.3, -0.25) is 14.3 Å². The van der Waals surface area contributed by atoms with Crippen LogP contribution in [0.1, 0.15) is 16.8 Å². The fourth-order valence-electron chi connectivity index (χ4n) is 4.58. The molecular formula is C25H23N9O2. The van der Waals surface area contributed by atoms with Gasteiger partial charge < -0.3 is 22.1 Å². The molecule has 1 atom stereocenters. The van der Waals surface area contributed by atoms with Gasteiger partial charge in [0.15, 0.2) is 17.3 Å². The Labute approximate surface area is 205 Å². The highest BCUT2D eigenvalue weighted by molar-refractivity contribution is 6.09. The molecule has 11 heteroatoms. The number of nitrogen functional groups attached to an aromatic ring is 2. The van der Waals surface area contributed by atoms with Crippen molar-refractivity contribution in [3.63, 3.8) is 0 Å². The zero-order chi connectivity index (χ0) is 24.8. The molecule has 4 heterocycles. The molecule has 0 spiro atoms. The largest absolute Gasteiger partial charge is 0.399 e. The molecule has 1 fully saturated rings. The lowest BCUT2D eigenvalue weighted by Gasteiger charge is -2.18. The summed E-state index contributed by atoms with van der Waals surface area (Å²) in [5.41, 5.74) is 22.6. The summed E-state index contributed by atoms with van der Waals surface area (Å²) in [5.74, 6) is 0.273. The van der Waals surface area contributed by atoms with E-state index in [1.54, 1.807) is 23.2 Å². The van der Waals surface area contributed by atoms with E-state index in [2.05, 4.69) is 15.3 Å². The number of hydrogen-bond donors (Lipinski definition) is 3. The SMILES string of the molecule is Nc1ccc(-n2c(-c3nonc3N)nc3c(-c4ccccc4)ncc(C(=O)N4CCC(N)C4)c32)cc1. The minimum atomic E-state index is -0.172. The van der Waals surface area contributed by atoms with Crippen molar-refractivity contribution in [1.82, 2.24) is 29.7 Å². The summed E-state index contributed by atoms with van der Waals surface area (Å²) in [5, 5.41) is 7.73. The highest BCUT2D eigenvalue weighted by atomic mass is 16.6. The van der Waals surface area contributed by atoms with E-state index in [0.717, 1.165) is 12.0 Å². The molecule has 0 radical (unpaired) electrons. The number of likely N-dealkylation sites (tertiary alicyclic amines) is 1. The zero-order valence-electron chi connectivity index (χ0n) is 19.2. The first-order valence-electron chi connectivity index (χ1n) is 11.5. The molecule has 3 aromatic heterocycles. The number of nitrogens with zero attached hydrogens (tertiary/aromatic N) is 6. The molecule has 1 amide bonds. The van der Waals surface area contributed by atoms with Gasteiger partial charge in [-0.25, -0.2) is 9.61 Å². The lowest BCUT2D eigenvalue weighted by Crippen LogP contribution is -2.32. The average Bonchev–Trinajstić information content (AvgIpc) is 3.62. The second-order valence-electron chi connectivity index (χ2n) is 8.74. The van der Waals surface area contributed by atoms with Crippen molar-refractivity contribution in [1.29, 1.82) is 0 Å². The van der Waals surface area contributed by atoms with Gasteiger partial charge in [0.25, 0.3) is 5.91 Å². The first-order valence-corrected chi connectivity index (χ1v) is 11.5. The molecular weight excluding hydrogens is 458 g/mol. The van der Waals surface area contributed by atoms with Crippen LogP contribution in [0.15, 0.2) is 65.4 Å².